The molecular weight excluding hydrogens is 167 g/mol. The maximum Gasteiger partial charge on any atom is 0.141 e. The van der Waals surface area contributed by atoms with Gasteiger partial charge in [-0.3, -0.25) is 0 Å². The Kier molecular flexibility index (Phi) is 1.61. The molecule has 2 rings (SSSR count). The van der Waals surface area contributed by atoms with E-state index in [1.165, 1.54) is 6.07 Å². The first-order valence-electron chi connectivity index (χ1n) is 4.15. The van der Waals surface area contributed by atoms with Crippen LogP contribution in [0.15, 0.2) is 18.2 Å². The third kappa shape index (κ3) is 1.20. The van der Waals surface area contributed by atoms with Crippen molar-refractivity contribution in [2.45, 2.75) is 18.4 Å². The van der Waals surface area contributed by atoms with Crippen LogP contribution >= 0.6 is 0 Å². The molecular formula is C10H9FN2. The van der Waals surface area contributed by atoms with Crippen LogP contribution in [0.3, 0.4) is 0 Å². The smallest absolute Gasteiger partial charge is 0.141 e. The molecule has 1 saturated carbocycles. The number of nitriles is 1. The van der Waals surface area contributed by atoms with E-state index < -0.39 is 11.4 Å². The molecule has 0 bridgehead atoms. The second-order valence-corrected chi connectivity index (χ2v) is 3.43. The van der Waals surface area contributed by atoms with E-state index in [0.29, 0.717) is 5.56 Å². The second kappa shape index (κ2) is 2.54. The van der Waals surface area contributed by atoms with Gasteiger partial charge in [-0.25, -0.2) is 4.39 Å². The van der Waals surface area contributed by atoms with E-state index in [2.05, 4.69) is 0 Å². The molecule has 1 aliphatic carbocycles. The van der Waals surface area contributed by atoms with Gasteiger partial charge in [-0.05, 0) is 24.5 Å². The van der Waals surface area contributed by atoms with E-state index in [9.17, 15) is 4.39 Å². The number of benzene rings is 1. The van der Waals surface area contributed by atoms with Crippen molar-refractivity contribution in [3.8, 4) is 6.07 Å². The Morgan fingerprint density at radius 3 is 2.69 bits per heavy atom. The average molecular weight is 176 g/mol. The minimum atomic E-state index is -0.475. The van der Waals surface area contributed by atoms with Crippen LogP contribution in [0, 0.1) is 17.1 Å². The van der Waals surface area contributed by atoms with Crippen LogP contribution in [-0.4, -0.2) is 0 Å². The third-order valence-corrected chi connectivity index (χ3v) is 2.45. The molecule has 0 atom stereocenters. The van der Waals surface area contributed by atoms with Crippen LogP contribution in [0.4, 0.5) is 4.39 Å². The van der Waals surface area contributed by atoms with Crippen molar-refractivity contribution in [3.05, 3.63) is 35.1 Å². The molecule has 0 aliphatic heterocycles. The summed E-state index contributed by atoms with van der Waals surface area (Å²) in [6.07, 6.45) is 1.68. The Morgan fingerprint density at radius 1 is 1.46 bits per heavy atom. The van der Waals surface area contributed by atoms with Crippen LogP contribution < -0.4 is 5.73 Å². The summed E-state index contributed by atoms with van der Waals surface area (Å²) in [6.45, 7) is 0. The maximum atomic E-state index is 13.1. The molecule has 1 aliphatic rings. The summed E-state index contributed by atoms with van der Waals surface area (Å²) in [6, 6.07) is 6.47. The van der Waals surface area contributed by atoms with Crippen molar-refractivity contribution in [3.63, 3.8) is 0 Å². The standard InChI is InChI=1S/C10H9FN2/c11-9-3-1-2-8(7(9)6-12)10(13)4-5-10/h1-3H,4-5,13H2. The van der Waals surface area contributed by atoms with E-state index in [-0.39, 0.29) is 5.56 Å². The normalized spacial score (nSPS) is 17.9. The Morgan fingerprint density at radius 2 is 2.15 bits per heavy atom. The summed E-state index contributed by atoms with van der Waals surface area (Å²) in [7, 11) is 0. The van der Waals surface area contributed by atoms with E-state index in [1.54, 1.807) is 12.1 Å². The molecule has 0 unspecified atom stereocenters. The van der Waals surface area contributed by atoms with Crippen molar-refractivity contribution in [1.82, 2.24) is 0 Å². The van der Waals surface area contributed by atoms with Crippen LogP contribution in [0.2, 0.25) is 0 Å². The van der Waals surface area contributed by atoms with Crippen LogP contribution in [-0.2, 0) is 5.54 Å². The van der Waals surface area contributed by atoms with Gasteiger partial charge in [-0.15, -0.1) is 0 Å². The lowest BCUT2D eigenvalue weighted by molar-refractivity contribution is 0.613. The summed E-state index contributed by atoms with van der Waals surface area (Å²) in [5.74, 6) is -0.475. The molecule has 3 heteroatoms. The Hall–Kier alpha value is -1.40. The predicted molar refractivity (Wildman–Crippen MR) is 46.2 cm³/mol. The Balaban J connectivity index is 2.58. The van der Waals surface area contributed by atoms with Crippen LogP contribution in [0.25, 0.3) is 0 Å². The highest BCUT2D eigenvalue weighted by molar-refractivity contribution is 5.45. The Bertz CT molecular complexity index is 388. The molecule has 0 spiro atoms. The van der Waals surface area contributed by atoms with Crippen molar-refractivity contribution in [2.75, 3.05) is 0 Å². The fourth-order valence-corrected chi connectivity index (χ4v) is 1.46. The molecule has 66 valence electrons. The second-order valence-electron chi connectivity index (χ2n) is 3.43. The quantitative estimate of drug-likeness (QED) is 0.707. The number of halogens is 1. The first kappa shape index (κ1) is 8.21. The van der Waals surface area contributed by atoms with Crippen molar-refractivity contribution < 1.29 is 4.39 Å². The van der Waals surface area contributed by atoms with E-state index in [1.807, 2.05) is 6.07 Å². The lowest BCUT2D eigenvalue weighted by Crippen LogP contribution is -2.20. The highest BCUT2D eigenvalue weighted by Gasteiger charge is 2.42. The molecule has 2 nitrogen and oxygen atoms in total. The SMILES string of the molecule is N#Cc1c(F)cccc1C1(N)CC1. The zero-order chi connectivity index (χ0) is 9.47. The molecule has 2 N–H and O–H groups in total. The average Bonchev–Trinajstić information content (AvgIpc) is 2.85. The van der Waals surface area contributed by atoms with E-state index in [4.69, 9.17) is 11.0 Å². The number of rotatable bonds is 1. The highest BCUT2D eigenvalue weighted by atomic mass is 19.1. The number of nitrogens with two attached hydrogens (primary N) is 1. The van der Waals surface area contributed by atoms with Gasteiger partial charge in [0.15, 0.2) is 0 Å². The molecule has 0 radical (unpaired) electrons. The van der Waals surface area contributed by atoms with Gasteiger partial charge >= 0.3 is 0 Å². The largest absolute Gasteiger partial charge is 0.321 e. The molecule has 1 fully saturated rings. The molecule has 1 aromatic rings. The number of hydrogen-bond donors (Lipinski definition) is 1. The van der Waals surface area contributed by atoms with Gasteiger partial charge < -0.3 is 5.73 Å². The van der Waals surface area contributed by atoms with Gasteiger partial charge in [0.25, 0.3) is 0 Å². The van der Waals surface area contributed by atoms with E-state index >= 15 is 0 Å². The monoisotopic (exact) mass is 176 g/mol. The first-order valence-corrected chi connectivity index (χ1v) is 4.15. The summed E-state index contributed by atoms with van der Waals surface area (Å²) in [5, 5.41) is 8.74. The summed E-state index contributed by atoms with van der Waals surface area (Å²) in [5.41, 5.74) is 6.21. The topological polar surface area (TPSA) is 49.8 Å². The van der Waals surface area contributed by atoms with Crippen LogP contribution in [0.1, 0.15) is 24.0 Å². The van der Waals surface area contributed by atoms with Crippen molar-refractivity contribution in [1.29, 1.82) is 5.26 Å². The Labute approximate surface area is 75.8 Å². The van der Waals surface area contributed by atoms with Gasteiger partial charge in [0.2, 0.25) is 0 Å². The number of hydrogen-bond acceptors (Lipinski definition) is 2. The lowest BCUT2D eigenvalue weighted by atomic mass is 9.99. The van der Waals surface area contributed by atoms with Gasteiger partial charge in [-0.2, -0.15) is 5.26 Å². The van der Waals surface area contributed by atoms with Crippen molar-refractivity contribution in [2.24, 2.45) is 5.73 Å². The minimum Gasteiger partial charge on any atom is -0.321 e. The zero-order valence-electron chi connectivity index (χ0n) is 7.05. The van der Waals surface area contributed by atoms with Gasteiger partial charge in [0, 0.05) is 5.54 Å². The predicted octanol–water partition coefficient (Wildman–Crippen LogP) is 1.65. The van der Waals surface area contributed by atoms with Gasteiger partial charge in [0.1, 0.15) is 11.9 Å². The van der Waals surface area contributed by atoms with Gasteiger partial charge in [-0.1, -0.05) is 12.1 Å². The molecule has 0 amide bonds. The minimum absolute atomic E-state index is 0.0995. The summed E-state index contributed by atoms with van der Waals surface area (Å²) < 4.78 is 13.1. The molecule has 0 aromatic heterocycles. The van der Waals surface area contributed by atoms with Crippen molar-refractivity contribution >= 4 is 0 Å². The lowest BCUT2D eigenvalue weighted by Gasteiger charge is -2.10. The number of nitrogens with zero attached hydrogens (tertiary/aromatic N) is 1. The summed E-state index contributed by atoms with van der Waals surface area (Å²) >= 11 is 0. The fraction of sp³-hybridized carbons (Fsp3) is 0.300. The first-order chi connectivity index (χ1) is 6.17. The fourth-order valence-electron chi connectivity index (χ4n) is 1.46. The molecule has 13 heavy (non-hydrogen) atoms. The summed E-state index contributed by atoms with van der Waals surface area (Å²) in [4.78, 5) is 0. The highest BCUT2D eigenvalue weighted by Crippen LogP contribution is 2.44. The molecule has 1 aromatic carbocycles. The zero-order valence-corrected chi connectivity index (χ0v) is 7.05. The molecule has 0 heterocycles. The maximum absolute atomic E-state index is 13.1. The third-order valence-electron chi connectivity index (χ3n) is 2.45. The van der Waals surface area contributed by atoms with Crippen LogP contribution in [0.5, 0.6) is 0 Å². The molecule has 0 saturated heterocycles. The van der Waals surface area contributed by atoms with Gasteiger partial charge in [0.05, 0.1) is 5.56 Å². The van der Waals surface area contributed by atoms with E-state index in [0.717, 1.165) is 12.8 Å².